The highest BCUT2D eigenvalue weighted by atomic mass is 32.2. The highest BCUT2D eigenvalue weighted by Gasteiger charge is 2.25. The smallest absolute Gasteiger partial charge is 0.255 e. The summed E-state index contributed by atoms with van der Waals surface area (Å²) < 4.78 is 29.5. The van der Waals surface area contributed by atoms with E-state index in [0.29, 0.717) is 13.1 Å². The molecule has 2 aromatic rings. The molecule has 0 N–H and O–H groups in total. The van der Waals surface area contributed by atoms with Crippen LogP contribution in [-0.4, -0.2) is 43.6 Å². The summed E-state index contributed by atoms with van der Waals surface area (Å²) in [6.07, 6.45) is 3.97. The fraction of sp³-hybridized carbons (Fsp3) is 0.381. The van der Waals surface area contributed by atoms with Crippen LogP contribution < -0.4 is 4.74 Å². The quantitative estimate of drug-likeness (QED) is 0.722. The van der Waals surface area contributed by atoms with Crippen molar-refractivity contribution in [3.05, 3.63) is 58.8 Å². The number of rotatable bonds is 6. The predicted molar refractivity (Wildman–Crippen MR) is 108 cm³/mol. The zero-order chi connectivity index (χ0) is 20.9. The Bertz CT molecular complexity index is 1020. The van der Waals surface area contributed by atoms with E-state index in [9.17, 15) is 18.5 Å². The fourth-order valence-electron chi connectivity index (χ4n) is 3.26. The number of sulfone groups is 1. The number of aromatic nitrogens is 1. The average Bonchev–Trinajstić information content (AvgIpc) is 2.72. The summed E-state index contributed by atoms with van der Waals surface area (Å²) in [5.74, 6) is -0.651. The number of hydrogen-bond acceptors (Lipinski definition) is 6. The van der Waals surface area contributed by atoms with Crippen molar-refractivity contribution in [1.29, 1.82) is 5.26 Å². The first-order valence-corrected chi connectivity index (χ1v) is 11.5. The molecule has 0 bridgehead atoms. The number of carbonyl (C=O) groups is 1. The van der Waals surface area contributed by atoms with Gasteiger partial charge < -0.3 is 9.64 Å². The lowest BCUT2D eigenvalue weighted by molar-refractivity contribution is 0.0723. The highest BCUT2D eigenvalue weighted by Crippen LogP contribution is 2.24. The number of nitriles is 1. The number of hydrogen-bond donors (Lipinski definition) is 0. The van der Waals surface area contributed by atoms with E-state index in [1.54, 1.807) is 4.90 Å². The molecule has 0 radical (unpaired) electrons. The maximum atomic E-state index is 13.0. The van der Waals surface area contributed by atoms with Crippen molar-refractivity contribution < 1.29 is 17.9 Å². The van der Waals surface area contributed by atoms with Crippen molar-refractivity contribution in [2.24, 2.45) is 0 Å². The molecule has 29 heavy (non-hydrogen) atoms. The Morgan fingerprint density at radius 3 is 2.52 bits per heavy atom. The zero-order valence-electron chi connectivity index (χ0n) is 16.3. The molecule has 1 aliphatic heterocycles. The minimum Gasteiger partial charge on any atom is -0.472 e. The van der Waals surface area contributed by atoms with Crippen LogP contribution in [0, 0.1) is 11.3 Å². The minimum absolute atomic E-state index is 0.0326. The lowest BCUT2D eigenvalue weighted by Crippen LogP contribution is -2.36. The Balaban J connectivity index is 1.96. The number of carbonyl (C=O) groups excluding carboxylic acids is 1. The molecule has 8 heteroatoms. The van der Waals surface area contributed by atoms with Crippen LogP contribution in [0.1, 0.15) is 46.4 Å². The minimum atomic E-state index is -3.44. The van der Waals surface area contributed by atoms with Crippen molar-refractivity contribution in [2.45, 2.75) is 31.6 Å². The molecule has 2 heterocycles. The predicted octanol–water partition coefficient (Wildman–Crippen LogP) is 2.70. The Hall–Kier alpha value is -2.92. The SMILES string of the molecule is CS(=O)(=O)Cc1nc(OCc2ccccc2)c(C#N)cc1C(=O)N1CCCCC1. The zero-order valence-corrected chi connectivity index (χ0v) is 17.1. The summed E-state index contributed by atoms with van der Waals surface area (Å²) in [7, 11) is -3.44. The van der Waals surface area contributed by atoms with Gasteiger partial charge in [-0.25, -0.2) is 13.4 Å². The van der Waals surface area contributed by atoms with E-state index in [4.69, 9.17) is 4.74 Å². The van der Waals surface area contributed by atoms with Crippen LogP contribution >= 0.6 is 0 Å². The van der Waals surface area contributed by atoms with Gasteiger partial charge in [-0.1, -0.05) is 30.3 Å². The van der Waals surface area contributed by atoms with Gasteiger partial charge in [0, 0.05) is 19.3 Å². The van der Waals surface area contributed by atoms with E-state index in [1.807, 2.05) is 36.4 Å². The lowest BCUT2D eigenvalue weighted by atomic mass is 10.1. The second kappa shape index (κ2) is 9.05. The summed E-state index contributed by atoms with van der Waals surface area (Å²) in [5, 5.41) is 9.54. The third-order valence-corrected chi connectivity index (χ3v) is 5.48. The molecular formula is C21H23N3O4S. The largest absolute Gasteiger partial charge is 0.472 e. The van der Waals surface area contributed by atoms with E-state index in [1.165, 1.54) is 6.07 Å². The molecular weight excluding hydrogens is 390 g/mol. The molecule has 1 fully saturated rings. The Kier molecular flexibility index (Phi) is 6.49. The first-order chi connectivity index (χ1) is 13.9. The molecule has 0 atom stereocenters. The topological polar surface area (TPSA) is 100 Å². The van der Waals surface area contributed by atoms with Crippen LogP contribution in [0.5, 0.6) is 5.88 Å². The van der Waals surface area contributed by atoms with E-state index in [-0.39, 0.29) is 35.2 Å². The van der Waals surface area contributed by atoms with Gasteiger partial charge in [0.05, 0.1) is 17.0 Å². The van der Waals surface area contributed by atoms with Crippen molar-refractivity contribution in [3.63, 3.8) is 0 Å². The van der Waals surface area contributed by atoms with Gasteiger partial charge in [0.15, 0.2) is 9.84 Å². The van der Waals surface area contributed by atoms with E-state index < -0.39 is 15.6 Å². The number of pyridine rings is 1. The van der Waals surface area contributed by atoms with Crippen LogP contribution in [-0.2, 0) is 22.2 Å². The van der Waals surface area contributed by atoms with Crippen molar-refractivity contribution in [2.75, 3.05) is 19.3 Å². The second-order valence-corrected chi connectivity index (χ2v) is 9.28. The fourth-order valence-corrected chi connectivity index (χ4v) is 3.98. The van der Waals surface area contributed by atoms with E-state index >= 15 is 0 Å². The number of likely N-dealkylation sites (tertiary alicyclic amines) is 1. The average molecular weight is 413 g/mol. The summed E-state index contributed by atoms with van der Waals surface area (Å²) in [4.78, 5) is 19.0. The first kappa shape index (κ1) is 20.8. The molecule has 1 saturated heterocycles. The summed E-state index contributed by atoms with van der Waals surface area (Å²) in [6, 6.07) is 12.8. The molecule has 0 saturated carbocycles. The summed E-state index contributed by atoms with van der Waals surface area (Å²) in [6.45, 7) is 1.41. The lowest BCUT2D eigenvalue weighted by Gasteiger charge is -2.27. The van der Waals surface area contributed by atoms with Crippen LogP contribution in [0.2, 0.25) is 0 Å². The van der Waals surface area contributed by atoms with Crippen LogP contribution in [0.4, 0.5) is 0 Å². The van der Waals surface area contributed by atoms with Crippen molar-refractivity contribution >= 4 is 15.7 Å². The molecule has 0 spiro atoms. The number of ether oxygens (including phenoxy) is 1. The van der Waals surface area contributed by atoms with Gasteiger partial charge in [0.25, 0.3) is 5.91 Å². The number of benzene rings is 1. The summed E-state index contributed by atoms with van der Waals surface area (Å²) >= 11 is 0. The molecule has 0 unspecified atom stereocenters. The Morgan fingerprint density at radius 2 is 1.90 bits per heavy atom. The monoisotopic (exact) mass is 413 g/mol. The molecule has 3 rings (SSSR count). The summed E-state index contributed by atoms with van der Waals surface area (Å²) in [5.41, 5.74) is 1.26. The molecule has 1 aromatic heterocycles. The Labute approximate surface area is 170 Å². The van der Waals surface area contributed by atoms with Crippen molar-refractivity contribution in [3.8, 4) is 11.9 Å². The van der Waals surface area contributed by atoms with Crippen LogP contribution in [0.3, 0.4) is 0 Å². The highest BCUT2D eigenvalue weighted by molar-refractivity contribution is 7.89. The standard InChI is InChI=1S/C21H23N3O4S/c1-29(26,27)15-19-18(21(25)24-10-6-3-7-11-24)12-17(13-22)20(23-19)28-14-16-8-4-2-5-9-16/h2,4-5,8-9,12H,3,6-7,10-11,14-15H2,1H3. The van der Waals surface area contributed by atoms with Gasteiger partial charge in [0.1, 0.15) is 18.2 Å². The van der Waals surface area contributed by atoms with Crippen LogP contribution in [0.15, 0.2) is 36.4 Å². The third-order valence-electron chi connectivity index (χ3n) is 4.68. The van der Waals surface area contributed by atoms with Gasteiger partial charge in [-0.2, -0.15) is 5.26 Å². The van der Waals surface area contributed by atoms with Gasteiger partial charge in [-0.3, -0.25) is 4.79 Å². The molecule has 1 aliphatic rings. The number of amides is 1. The maximum Gasteiger partial charge on any atom is 0.255 e. The molecule has 1 aromatic carbocycles. The molecule has 0 aliphatic carbocycles. The second-order valence-electron chi connectivity index (χ2n) is 7.14. The van der Waals surface area contributed by atoms with Crippen molar-refractivity contribution in [1.82, 2.24) is 9.88 Å². The van der Waals surface area contributed by atoms with Crippen LogP contribution in [0.25, 0.3) is 0 Å². The van der Waals surface area contributed by atoms with E-state index in [2.05, 4.69) is 4.98 Å². The van der Waals surface area contributed by atoms with E-state index in [0.717, 1.165) is 31.1 Å². The first-order valence-electron chi connectivity index (χ1n) is 9.45. The van der Waals surface area contributed by atoms with Gasteiger partial charge in [0.2, 0.25) is 5.88 Å². The molecule has 152 valence electrons. The number of piperidine rings is 1. The van der Waals surface area contributed by atoms with Gasteiger partial charge >= 0.3 is 0 Å². The normalized spacial score (nSPS) is 14.3. The van der Waals surface area contributed by atoms with Gasteiger partial charge in [-0.15, -0.1) is 0 Å². The Morgan fingerprint density at radius 1 is 1.21 bits per heavy atom. The van der Waals surface area contributed by atoms with Gasteiger partial charge in [-0.05, 0) is 30.9 Å². The molecule has 7 nitrogen and oxygen atoms in total. The molecule has 1 amide bonds. The number of nitrogens with zero attached hydrogens (tertiary/aromatic N) is 3. The maximum absolute atomic E-state index is 13.0. The third kappa shape index (κ3) is 5.55.